The van der Waals surface area contributed by atoms with E-state index in [-0.39, 0.29) is 6.04 Å². The van der Waals surface area contributed by atoms with Gasteiger partial charge in [-0.3, -0.25) is 4.68 Å². The predicted octanol–water partition coefficient (Wildman–Crippen LogP) is 2.31. The Morgan fingerprint density at radius 1 is 1.29 bits per heavy atom. The van der Waals surface area contributed by atoms with Crippen LogP contribution in [0.2, 0.25) is 0 Å². The molecule has 0 saturated carbocycles. The van der Waals surface area contributed by atoms with Crippen LogP contribution in [0.5, 0.6) is 11.5 Å². The Labute approximate surface area is 124 Å². The van der Waals surface area contributed by atoms with Crippen molar-refractivity contribution in [2.24, 2.45) is 0 Å². The zero-order valence-corrected chi connectivity index (χ0v) is 12.5. The summed E-state index contributed by atoms with van der Waals surface area (Å²) in [5.74, 6) is 1.68. The minimum absolute atomic E-state index is 0.262. The van der Waals surface area contributed by atoms with Crippen LogP contribution in [0.15, 0.2) is 30.6 Å². The van der Waals surface area contributed by atoms with Crippen LogP contribution in [-0.4, -0.2) is 29.5 Å². The van der Waals surface area contributed by atoms with Crippen LogP contribution in [0.1, 0.15) is 24.1 Å². The van der Waals surface area contributed by atoms with Crippen LogP contribution in [0.25, 0.3) is 0 Å². The monoisotopic (exact) mass is 287 g/mol. The molecule has 5 nitrogen and oxygen atoms in total. The molecule has 21 heavy (non-hydrogen) atoms. The van der Waals surface area contributed by atoms with E-state index in [1.54, 1.807) is 0 Å². The Balaban J connectivity index is 1.56. The molecule has 1 aromatic carbocycles. The number of aryl methyl sites for hydroxylation is 1. The van der Waals surface area contributed by atoms with Crippen molar-refractivity contribution in [1.82, 2.24) is 15.1 Å². The van der Waals surface area contributed by atoms with Crippen LogP contribution >= 0.6 is 0 Å². The number of benzene rings is 1. The summed E-state index contributed by atoms with van der Waals surface area (Å²) < 4.78 is 13.1. The molecule has 1 aromatic heterocycles. The second-order valence-corrected chi connectivity index (χ2v) is 5.36. The van der Waals surface area contributed by atoms with E-state index >= 15 is 0 Å². The topological polar surface area (TPSA) is 48.3 Å². The average molecular weight is 287 g/mol. The molecule has 1 aliphatic rings. The molecule has 1 N–H and O–H groups in total. The summed E-state index contributed by atoms with van der Waals surface area (Å²) in [4.78, 5) is 0. The number of fused-ring (bicyclic) bond motifs is 1. The molecular formula is C16H21N3O2. The first-order chi connectivity index (χ1) is 10.2. The average Bonchev–Trinajstić information content (AvgIpc) is 2.92. The Kier molecular flexibility index (Phi) is 4.10. The summed E-state index contributed by atoms with van der Waals surface area (Å²) >= 11 is 0. The maximum Gasteiger partial charge on any atom is 0.161 e. The van der Waals surface area contributed by atoms with Gasteiger partial charge in [-0.2, -0.15) is 5.10 Å². The molecule has 0 radical (unpaired) electrons. The van der Waals surface area contributed by atoms with Gasteiger partial charge in [0.05, 0.1) is 12.7 Å². The minimum atomic E-state index is 0.262. The van der Waals surface area contributed by atoms with Crippen LogP contribution in [0.4, 0.5) is 0 Å². The van der Waals surface area contributed by atoms with E-state index in [1.165, 1.54) is 11.1 Å². The van der Waals surface area contributed by atoms with Gasteiger partial charge in [0.15, 0.2) is 11.5 Å². The molecule has 2 aromatic rings. The van der Waals surface area contributed by atoms with Crippen molar-refractivity contribution in [3.05, 3.63) is 41.7 Å². The fraction of sp³-hybridized carbons (Fsp3) is 0.438. The fourth-order valence-corrected chi connectivity index (χ4v) is 2.43. The number of hydrogen-bond acceptors (Lipinski definition) is 4. The highest BCUT2D eigenvalue weighted by Crippen LogP contribution is 2.32. The molecule has 0 saturated heterocycles. The van der Waals surface area contributed by atoms with Gasteiger partial charge in [-0.05, 0) is 37.1 Å². The Bertz CT molecular complexity index is 609. The molecule has 1 aliphatic heterocycles. The van der Waals surface area contributed by atoms with Gasteiger partial charge >= 0.3 is 0 Å². The fourth-order valence-electron chi connectivity index (χ4n) is 2.43. The molecule has 2 heterocycles. The lowest BCUT2D eigenvalue weighted by Gasteiger charge is -2.21. The first kappa shape index (κ1) is 13.9. The molecule has 0 amide bonds. The van der Waals surface area contributed by atoms with Gasteiger partial charge < -0.3 is 14.8 Å². The quantitative estimate of drug-likeness (QED) is 0.917. The highest BCUT2D eigenvalue weighted by atomic mass is 16.6. The van der Waals surface area contributed by atoms with Crippen molar-refractivity contribution in [3.63, 3.8) is 0 Å². The molecule has 5 heteroatoms. The van der Waals surface area contributed by atoms with E-state index in [1.807, 2.05) is 16.9 Å². The molecule has 0 bridgehead atoms. The van der Waals surface area contributed by atoms with Gasteiger partial charge in [-0.1, -0.05) is 6.07 Å². The third kappa shape index (κ3) is 3.36. The molecular weight excluding hydrogens is 266 g/mol. The molecule has 1 unspecified atom stereocenters. The lowest BCUT2D eigenvalue weighted by Crippen LogP contribution is -2.24. The number of nitrogens with one attached hydrogen (secondary N) is 1. The van der Waals surface area contributed by atoms with Crippen molar-refractivity contribution in [3.8, 4) is 11.5 Å². The lowest BCUT2D eigenvalue weighted by atomic mass is 10.1. The van der Waals surface area contributed by atoms with Gasteiger partial charge in [-0.15, -0.1) is 0 Å². The normalized spacial score (nSPS) is 15.0. The van der Waals surface area contributed by atoms with E-state index < -0.39 is 0 Å². The number of nitrogens with zero attached hydrogens (tertiary/aromatic N) is 2. The molecule has 1 atom stereocenters. The van der Waals surface area contributed by atoms with Gasteiger partial charge in [0.2, 0.25) is 0 Å². The minimum Gasteiger partial charge on any atom is -0.486 e. The Morgan fingerprint density at radius 3 is 2.86 bits per heavy atom. The van der Waals surface area contributed by atoms with E-state index in [4.69, 9.17) is 9.47 Å². The highest BCUT2D eigenvalue weighted by molar-refractivity contribution is 5.44. The molecule has 0 fully saturated rings. The third-order valence-corrected chi connectivity index (χ3v) is 3.62. The Morgan fingerprint density at radius 2 is 2.10 bits per heavy atom. The van der Waals surface area contributed by atoms with Gasteiger partial charge in [0.25, 0.3) is 0 Å². The molecule has 0 aliphatic carbocycles. The Hall–Kier alpha value is -2.01. The summed E-state index contributed by atoms with van der Waals surface area (Å²) in [5, 5.41) is 7.79. The summed E-state index contributed by atoms with van der Waals surface area (Å²) in [6.45, 7) is 7.19. The van der Waals surface area contributed by atoms with Crippen LogP contribution in [-0.2, 0) is 6.54 Å². The van der Waals surface area contributed by atoms with Crippen molar-refractivity contribution in [2.45, 2.75) is 26.4 Å². The van der Waals surface area contributed by atoms with Crippen LogP contribution in [0.3, 0.4) is 0 Å². The summed E-state index contributed by atoms with van der Waals surface area (Å²) in [7, 11) is 0. The number of hydrogen-bond donors (Lipinski definition) is 1. The zero-order valence-electron chi connectivity index (χ0n) is 12.5. The molecule has 3 rings (SSSR count). The van der Waals surface area contributed by atoms with E-state index in [2.05, 4.69) is 42.6 Å². The van der Waals surface area contributed by atoms with Gasteiger partial charge in [0.1, 0.15) is 13.2 Å². The number of aromatic nitrogens is 2. The first-order valence-electron chi connectivity index (χ1n) is 7.34. The maximum atomic E-state index is 5.62. The number of ether oxygens (including phenoxy) is 2. The SMILES string of the molecule is Cc1cnn(CCNC(C)c2ccc3c(c2)OCCO3)c1. The van der Waals surface area contributed by atoms with Crippen LogP contribution < -0.4 is 14.8 Å². The maximum absolute atomic E-state index is 5.62. The lowest BCUT2D eigenvalue weighted by molar-refractivity contribution is 0.171. The summed E-state index contributed by atoms with van der Waals surface area (Å²) in [6, 6.07) is 6.39. The molecule has 112 valence electrons. The largest absolute Gasteiger partial charge is 0.486 e. The number of rotatable bonds is 5. The van der Waals surface area contributed by atoms with Gasteiger partial charge in [0, 0.05) is 18.8 Å². The first-order valence-corrected chi connectivity index (χ1v) is 7.34. The standard InChI is InChI=1S/C16H21N3O2/c1-12-10-18-19(11-12)6-5-17-13(2)14-3-4-15-16(9-14)21-8-7-20-15/h3-4,9-11,13,17H,5-8H2,1-2H3. The van der Waals surface area contributed by atoms with Crippen molar-refractivity contribution >= 4 is 0 Å². The van der Waals surface area contributed by atoms with Crippen LogP contribution in [0, 0.1) is 6.92 Å². The highest BCUT2D eigenvalue weighted by Gasteiger charge is 2.14. The third-order valence-electron chi connectivity index (χ3n) is 3.62. The molecule has 0 spiro atoms. The van der Waals surface area contributed by atoms with E-state index in [0.717, 1.165) is 24.6 Å². The second kappa shape index (κ2) is 6.18. The van der Waals surface area contributed by atoms with E-state index in [0.29, 0.717) is 13.2 Å². The second-order valence-electron chi connectivity index (χ2n) is 5.36. The smallest absolute Gasteiger partial charge is 0.161 e. The van der Waals surface area contributed by atoms with Crippen molar-refractivity contribution in [1.29, 1.82) is 0 Å². The summed E-state index contributed by atoms with van der Waals surface area (Å²) in [5.41, 5.74) is 2.39. The summed E-state index contributed by atoms with van der Waals surface area (Å²) in [6.07, 6.45) is 3.93. The van der Waals surface area contributed by atoms with Crippen molar-refractivity contribution in [2.75, 3.05) is 19.8 Å². The van der Waals surface area contributed by atoms with Crippen molar-refractivity contribution < 1.29 is 9.47 Å². The van der Waals surface area contributed by atoms with E-state index in [9.17, 15) is 0 Å². The predicted molar refractivity (Wildman–Crippen MR) is 80.8 cm³/mol. The van der Waals surface area contributed by atoms with Gasteiger partial charge in [-0.25, -0.2) is 0 Å². The zero-order chi connectivity index (χ0) is 14.7.